The largest absolute Gasteiger partial charge is 0.356 e. The number of hydrogen-bond donors (Lipinski definition) is 1. The number of nitrogens with one attached hydrogen (secondary N) is 1. The van der Waals surface area contributed by atoms with Gasteiger partial charge in [-0.05, 0) is 56.4 Å². The molecule has 2 aliphatic rings. The van der Waals surface area contributed by atoms with Gasteiger partial charge in [-0.2, -0.15) is 0 Å². The number of aromatic nitrogens is 1. The van der Waals surface area contributed by atoms with Crippen molar-refractivity contribution >= 4 is 40.8 Å². The number of halogens is 2. The SMILES string of the molecule is O=C(NCc1cccnc1N1CCCCC1)C1CCCN(C(=O)c2ccc(Cl)c(Cl)c2)C1. The van der Waals surface area contributed by atoms with E-state index in [4.69, 9.17) is 23.2 Å². The minimum absolute atomic E-state index is 0.0231. The summed E-state index contributed by atoms with van der Waals surface area (Å²) in [6.45, 7) is 3.48. The molecular weight excluding hydrogens is 447 g/mol. The molecule has 1 atom stereocenters. The molecule has 2 aromatic rings. The van der Waals surface area contributed by atoms with E-state index in [1.807, 2.05) is 18.3 Å². The second kappa shape index (κ2) is 10.5. The molecule has 170 valence electrons. The molecule has 1 unspecified atom stereocenters. The van der Waals surface area contributed by atoms with Crippen molar-refractivity contribution in [2.45, 2.75) is 38.6 Å². The quantitative estimate of drug-likeness (QED) is 0.690. The maximum Gasteiger partial charge on any atom is 0.253 e. The van der Waals surface area contributed by atoms with E-state index in [0.29, 0.717) is 35.2 Å². The first kappa shape index (κ1) is 22.9. The molecule has 1 N–H and O–H groups in total. The van der Waals surface area contributed by atoms with E-state index in [1.54, 1.807) is 23.1 Å². The predicted octanol–water partition coefficient (Wildman–Crippen LogP) is 4.55. The fourth-order valence-electron chi connectivity index (χ4n) is 4.47. The number of pyridine rings is 1. The van der Waals surface area contributed by atoms with Crippen LogP contribution < -0.4 is 10.2 Å². The van der Waals surface area contributed by atoms with Gasteiger partial charge in [0.25, 0.3) is 5.91 Å². The maximum atomic E-state index is 12.9. The van der Waals surface area contributed by atoms with Crippen LogP contribution in [0, 0.1) is 5.92 Å². The highest BCUT2D eigenvalue weighted by atomic mass is 35.5. The Kier molecular flexibility index (Phi) is 7.53. The smallest absolute Gasteiger partial charge is 0.253 e. The molecule has 4 rings (SSSR count). The van der Waals surface area contributed by atoms with Crippen molar-refractivity contribution in [3.63, 3.8) is 0 Å². The lowest BCUT2D eigenvalue weighted by atomic mass is 9.96. The molecule has 6 nitrogen and oxygen atoms in total. The van der Waals surface area contributed by atoms with E-state index in [-0.39, 0.29) is 17.7 Å². The van der Waals surface area contributed by atoms with Crippen LogP contribution in [-0.4, -0.2) is 47.9 Å². The van der Waals surface area contributed by atoms with Crippen molar-refractivity contribution in [1.82, 2.24) is 15.2 Å². The van der Waals surface area contributed by atoms with E-state index in [0.717, 1.165) is 37.3 Å². The Hall–Kier alpha value is -2.31. The van der Waals surface area contributed by atoms with Gasteiger partial charge in [-0.25, -0.2) is 4.98 Å². The van der Waals surface area contributed by atoms with E-state index < -0.39 is 0 Å². The van der Waals surface area contributed by atoms with Gasteiger partial charge in [-0.3, -0.25) is 9.59 Å². The fraction of sp³-hybridized carbons (Fsp3) is 0.458. The molecular formula is C24H28Cl2N4O2. The number of anilines is 1. The van der Waals surface area contributed by atoms with Crippen LogP contribution in [0.25, 0.3) is 0 Å². The van der Waals surface area contributed by atoms with Gasteiger partial charge in [0.2, 0.25) is 5.91 Å². The number of amides is 2. The normalized spacial score (nSPS) is 19.0. The lowest BCUT2D eigenvalue weighted by molar-refractivity contribution is -0.126. The number of rotatable bonds is 5. The summed E-state index contributed by atoms with van der Waals surface area (Å²) in [4.78, 5) is 34.5. The topological polar surface area (TPSA) is 65.5 Å². The van der Waals surface area contributed by atoms with Gasteiger partial charge in [0.05, 0.1) is 16.0 Å². The minimum Gasteiger partial charge on any atom is -0.356 e. The summed E-state index contributed by atoms with van der Waals surface area (Å²) in [6, 6.07) is 8.82. The molecule has 2 amide bonds. The third kappa shape index (κ3) is 5.36. The van der Waals surface area contributed by atoms with Crippen molar-refractivity contribution in [2.24, 2.45) is 5.92 Å². The van der Waals surface area contributed by atoms with Gasteiger partial charge >= 0.3 is 0 Å². The van der Waals surface area contributed by atoms with E-state index in [2.05, 4.69) is 15.2 Å². The highest BCUT2D eigenvalue weighted by Crippen LogP contribution is 2.25. The lowest BCUT2D eigenvalue weighted by Gasteiger charge is -2.32. The Morgan fingerprint density at radius 3 is 2.62 bits per heavy atom. The number of carbonyl (C=O) groups excluding carboxylic acids is 2. The Morgan fingerprint density at radius 1 is 1.03 bits per heavy atom. The van der Waals surface area contributed by atoms with Gasteiger partial charge in [0, 0.05) is 50.0 Å². The van der Waals surface area contributed by atoms with Gasteiger partial charge in [-0.1, -0.05) is 29.3 Å². The molecule has 1 aromatic heterocycles. The Morgan fingerprint density at radius 2 is 1.84 bits per heavy atom. The molecule has 2 aliphatic heterocycles. The lowest BCUT2D eigenvalue weighted by Crippen LogP contribution is -2.45. The minimum atomic E-state index is -0.231. The number of likely N-dealkylation sites (tertiary alicyclic amines) is 1. The van der Waals surface area contributed by atoms with Crippen LogP contribution in [-0.2, 0) is 11.3 Å². The third-order valence-electron chi connectivity index (χ3n) is 6.22. The van der Waals surface area contributed by atoms with Crippen LogP contribution in [0.3, 0.4) is 0 Å². The zero-order chi connectivity index (χ0) is 22.5. The number of piperidine rings is 2. The molecule has 0 radical (unpaired) electrons. The van der Waals surface area contributed by atoms with Gasteiger partial charge < -0.3 is 15.1 Å². The Bertz CT molecular complexity index is 978. The van der Waals surface area contributed by atoms with Crippen molar-refractivity contribution in [3.8, 4) is 0 Å². The van der Waals surface area contributed by atoms with Crippen LogP contribution in [0.1, 0.15) is 48.0 Å². The van der Waals surface area contributed by atoms with Crippen molar-refractivity contribution in [2.75, 3.05) is 31.1 Å². The number of hydrogen-bond acceptors (Lipinski definition) is 4. The first-order valence-corrected chi connectivity index (χ1v) is 12.0. The van der Waals surface area contributed by atoms with Crippen molar-refractivity contribution in [1.29, 1.82) is 0 Å². The second-order valence-electron chi connectivity index (χ2n) is 8.47. The van der Waals surface area contributed by atoms with E-state index in [9.17, 15) is 9.59 Å². The molecule has 3 heterocycles. The average Bonchev–Trinajstić information content (AvgIpc) is 2.84. The summed E-state index contributed by atoms with van der Waals surface area (Å²) in [5, 5.41) is 3.85. The zero-order valence-corrected chi connectivity index (χ0v) is 19.5. The molecule has 1 aromatic carbocycles. The predicted molar refractivity (Wildman–Crippen MR) is 127 cm³/mol. The molecule has 0 aliphatic carbocycles. The molecule has 8 heteroatoms. The molecule has 2 saturated heterocycles. The first-order valence-electron chi connectivity index (χ1n) is 11.2. The van der Waals surface area contributed by atoms with Crippen molar-refractivity contribution < 1.29 is 9.59 Å². The first-order chi connectivity index (χ1) is 15.5. The third-order valence-corrected chi connectivity index (χ3v) is 6.96. The monoisotopic (exact) mass is 474 g/mol. The van der Waals surface area contributed by atoms with Crippen LogP contribution >= 0.6 is 23.2 Å². The zero-order valence-electron chi connectivity index (χ0n) is 18.0. The maximum absolute atomic E-state index is 12.9. The second-order valence-corrected chi connectivity index (χ2v) is 9.29. The number of carbonyl (C=O) groups is 2. The molecule has 32 heavy (non-hydrogen) atoms. The summed E-state index contributed by atoms with van der Waals surface area (Å²) in [6.07, 6.45) is 6.97. The summed E-state index contributed by atoms with van der Waals surface area (Å²) in [5.41, 5.74) is 1.52. The summed E-state index contributed by atoms with van der Waals surface area (Å²) < 4.78 is 0. The fourth-order valence-corrected chi connectivity index (χ4v) is 4.77. The summed E-state index contributed by atoms with van der Waals surface area (Å²) in [5.74, 6) is 0.587. The summed E-state index contributed by atoms with van der Waals surface area (Å²) >= 11 is 12.0. The standard InChI is InChI=1S/C24H28Cl2N4O2/c25-20-9-8-17(14-21(20)26)24(32)30-13-5-7-19(16-30)23(31)28-15-18-6-4-10-27-22(18)29-11-2-1-3-12-29/h4,6,8-10,14,19H,1-3,5,7,11-13,15-16H2,(H,28,31). The van der Waals surface area contributed by atoms with E-state index in [1.165, 1.54) is 19.3 Å². The Labute approximate surface area is 198 Å². The van der Waals surface area contributed by atoms with Crippen LogP contribution in [0.15, 0.2) is 36.5 Å². The molecule has 0 saturated carbocycles. The molecule has 2 fully saturated rings. The highest BCUT2D eigenvalue weighted by Gasteiger charge is 2.29. The van der Waals surface area contributed by atoms with Crippen LogP contribution in [0.2, 0.25) is 10.0 Å². The number of benzene rings is 1. The molecule has 0 spiro atoms. The van der Waals surface area contributed by atoms with Crippen molar-refractivity contribution in [3.05, 3.63) is 57.7 Å². The van der Waals surface area contributed by atoms with Gasteiger partial charge in [0.15, 0.2) is 0 Å². The van der Waals surface area contributed by atoms with Crippen LogP contribution in [0.5, 0.6) is 0 Å². The Balaban J connectivity index is 1.37. The van der Waals surface area contributed by atoms with E-state index >= 15 is 0 Å². The number of nitrogens with zero attached hydrogens (tertiary/aromatic N) is 3. The highest BCUT2D eigenvalue weighted by molar-refractivity contribution is 6.42. The van der Waals surface area contributed by atoms with Gasteiger partial charge in [0.1, 0.15) is 5.82 Å². The van der Waals surface area contributed by atoms with Crippen LogP contribution in [0.4, 0.5) is 5.82 Å². The molecule has 0 bridgehead atoms. The summed E-state index contributed by atoms with van der Waals surface area (Å²) in [7, 11) is 0. The average molecular weight is 475 g/mol. The van der Waals surface area contributed by atoms with Gasteiger partial charge in [-0.15, -0.1) is 0 Å².